The molecule has 0 saturated carbocycles. The standard InChI is InChI=1S/C43H60N2O/c1-4-7-10-13-14-17-34-46-42-32-30-41(31-33-42)45-43(39-27-24-37(25-28-39)19-16-12-9-6-3)35-40(44-45)29-26-38-22-20-36(21-23-38)18-15-11-8-5-2/h20-33,43H,4-19,34-35H2,1-3H3. The monoisotopic (exact) mass is 620 g/mol. The number of nitrogens with zero attached hydrogens (tertiary/aromatic N) is 2. The van der Waals surface area contributed by atoms with Crippen molar-refractivity contribution in [2.45, 2.75) is 136 Å². The minimum atomic E-state index is 0.175. The maximum atomic E-state index is 6.09. The fourth-order valence-corrected chi connectivity index (χ4v) is 6.31. The van der Waals surface area contributed by atoms with Crippen LogP contribution in [0.2, 0.25) is 0 Å². The highest BCUT2D eigenvalue weighted by Gasteiger charge is 2.28. The summed E-state index contributed by atoms with van der Waals surface area (Å²) in [5.41, 5.74) is 7.64. The maximum absolute atomic E-state index is 6.09. The van der Waals surface area contributed by atoms with E-state index in [1.165, 1.54) is 112 Å². The minimum absolute atomic E-state index is 0.175. The largest absolute Gasteiger partial charge is 0.494 e. The van der Waals surface area contributed by atoms with Crippen molar-refractivity contribution in [3.05, 3.63) is 101 Å². The van der Waals surface area contributed by atoms with Crippen LogP contribution in [0.3, 0.4) is 0 Å². The average Bonchev–Trinajstić information content (AvgIpc) is 3.53. The molecule has 1 heterocycles. The fraction of sp³-hybridized carbons (Fsp3) is 0.512. The number of hydrazone groups is 1. The molecule has 1 unspecified atom stereocenters. The summed E-state index contributed by atoms with van der Waals surface area (Å²) in [4.78, 5) is 0. The molecule has 0 spiro atoms. The van der Waals surface area contributed by atoms with Crippen LogP contribution in [-0.4, -0.2) is 12.3 Å². The molecule has 3 aromatic rings. The highest BCUT2D eigenvalue weighted by molar-refractivity contribution is 6.01. The number of benzene rings is 3. The maximum Gasteiger partial charge on any atom is 0.119 e. The van der Waals surface area contributed by atoms with Crippen molar-refractivity contribution in [1.82, 2.24) is 0 Å². The Hall–Kier alpha value is -3.33. The Kier molecular flexibility index (Phi) is 16.0. The zero-order valence-electron chi connectivity index (χ0n) is 29.2. The van der Waals surface area contributed by atoms with Gasteiger partial charge >= 0.3 is 0 Å². The van der Waals surface area contributed by atoms with Crippen LogP contribution in [0.5, 0.6) is 5.75 Å². The highest BCUT2D eigenvalue weighted by atomic mass is 16.5. The third-order valence-electron chi connectivity index (χ3n) is 9.25. The predicted molar refractivity (Wildman–Crippen MR) is 200 cm³/mol. The molecule has 1 aliphatic rings. The molecule has 3 nitrogen and oxygen atoms in total. The van der Waals surface area contributed by atoms with Crippen LogP contribution in [0, 0.1) is 0 Å². The van der Waals surface area contributed by atoms with Gasteiger partial charge in [0.1, 0.15) is 5.75 Å². The highest BCUT2D eigenvalue weighted by Crippen LogP contribution is 2.36. The molecule has 0 aromatic heterocycles. The summed E-state index contributed by atoms with van der Waals surface area (Å²) in [6, 6.07) is 27.1. The molecule has 0 radical (unpaired) electrons. The van der Waals surface area contributed by atoms with Gasteiger partial charge in [-0.15, -0.1) is 0 Å². The van der Waals surface area contributed by atoms with E-state index in [1.807, 2.05) is 0 Å². The Labute approximate surface area is 281 Å². The van der Waals surface area contributed by atoms with Crippen LogP contribution in [0.25, 0.3) is 6.08 Å². The van der Waals surface area contributed by atoms with Gasteiger partial charge < -0.3 is 4.74 Å². The lowest BCUT2D eigenvalue weighted by atomic mass is 9.98. The first-order valence-electron chi connectivity index (χ1n) is 18.7. The topological polar surface area (TPSA) is 24.8 Å². The van der Waals surface area contributed by atoms with E-state index in [2.05, 4.69) is 111 Å². The van der Waals surface area contributed by atoms with Crippen LogP contribution >= 0.6 is 0 Å². The number of allylic oxidation sites excluding steroid dienone is 1. The van der Waals surface area contributed by atoms with Crippen molar-refractivity contribution in [2.24, 2.45) is 5.10 Å². The summed E-state index contributed by atoms with van der Waals surface area (Å²) in [6.07, 6.45) is 25.7. The molecule has 248 valence electrons. The van der Waals surface area contributed by atoms with Gasteiger partial charge in [0, 0.05) is 6.42 Å². The first-order chi connectivity index (χ1) is 22.7. The summed E-state index contributed by atoms with van der Waals surface area (Å²) in [5.74, 6) is 0.943. The molecule has 0 aliphatic carbocycles. The van der Waals surface area contributed by atoms with Crippen LogP contribution in [0.4, 0.5) is 5.69 Å². The number of anilines is 1. The van der Waals surface area contributed by atoms with Gasteiger partial charge in [-0.1, -0.05) is 146 Å². The lowest BCUT2D eigenvalue weighted by molar-refractivity contribution is 0.304. The molecule has 46 heavy (non-hydrogen) atoms. The number of hydrogen-bond donors (Lipinski definition) is 0. The van der Waals surface area contributed by atoms with E-state index in [0.29, 0.717) is 0 Å². The quantitative estimate of drug-likeness (QED) is 0.104. The van der Waals surface area contributed by atoms with Crippen LogP contribution in [0.1, 0.15) is 145 Å². The van der Waals surface area contributed by atoms with Gasteiger partial charge in [0.25, 0.3) is 0 Å². The second-order valence-corrected chi connectivity index (χ2v) is 13.2. The lowest BCUT2D eigenvalue weighted by Gasteiger charge is -2.24. The Morgan fingerprint density at radius 1 is 0.609 bits per heavy atom. The molecule has 0 bridgehead atoms. The summed E-state index contributed by atoms with van der Waals surface area (Å²) in [7, 11) is 0. The Morgan fingerprint density at radius 2 is 1.15 bits per heavy atom. The number of aryl methyl sites for hydroxylation is 2. The van der Waals surface area contributed by atoms with Crippen molar-refractivity contribution in [2.75, 3.05) is 11.6 Å². The average molecular weight is 621 g/mol. The van der Waals surface area contributed by atoms with Gasteiger partial charge in [-0.3, -0.25) is 5.01 Å². The van der Waals surface area contributed by atoms with Crippen LogP contribution in [0.15, 0.2) is 84.0 Å². The molecular formula is C43H60N2O. The van der Waals surface area contributed by atoms with E-state index in [1.54, 1.807) is 0 Å². The van der Waals surface area contributed by atoms with Crippen LogP contribution in [-0.2, 0) is 12.8 Å². The molecule has 0 N–H and O–H groups in total. The summed E-state index contributed by atoms with van der Waals surface area (Å²) < 4.78 is 6.09. The number of ether oxygens (including phenoxy) is 1. The van der Waals surface area contributed by atoms with Gasteiger partial charge in [0.05, 0.1) is 24.0 Å². The zero-order valence-corrected chi connectivity index (χ0v) is 29.2. The molecular weight excluding hydrogens is 560 g/mol. The van der Waals surface area contributed by atoms with Gasteiger partial charge in [-0.05, 0) is 84.7 Å². The van der Waals surface area contributed by atoms with Gasteiger partial charge in [0.2, 0.25) is 0 Å². The van der Waals surface area contributed by atoms with Crippen molar-refractivity contribution in [3.8, 4) is 5.75 Å². The molecule has 0 fully saturated rings. The molecule has 4 rings (SSSR count). The smallest absolute Gasteiger partial charge is 0.119 e. The molecule has 1 aliphatic heterocycles. The predicted octanol–water partition coefficient (Wildman–Crippen LogP) is 12.7. The van der Waals surface area contributed by atoms with Gasteiger partial charge in [0.15, 0.2) is 0 Å². The molecule has 3 heteroatoms. The normalized spacial score (nSPS) is 14.7. The second-order valence-electron chi connectivity index (χ2n) is 13.2. The molecule has 0 amide bonds. The summed E-state index contributed by atoms with van der Waals surface area (Å²) in [6.45, 7) is 7.60. The minimum Gasteiger partial charge on any atom is -0.494 e. The molecule has 3 aromatic carbocycles. The van der Waals surface area contributed by atoms with E-state index >= 15 is 0 Å². The zero-order chi connectivity index (χ0) is 32.2. The summed E-state index contributed by atoms with van der Waals surface area (Å²) in [5, 5.41) is 7.38. The molecule has 1 atom stereocenters. The lowest BCUT2D eigenvalue weighted by Crippen LogP contribution is -2.18. The van der Waals surface area contributed by atoms with Crippen molar-refractivity contribution < 1.29 is 4.74 Å². The van der Waals surface area contributed by atoms with E-state index in [9.17, 15) is 0 Å². The third kappa shape index (κ3) is 12.1. The third-order valence-corrected chi connectivity index (χ3v) is 9.25. The Bertz CT molecular complexity index is 1290. The number of unbranched alkanes of at least 4 members (excludes halogenated alkanes) is 11. The Balaban J connectivity index is 1.41. The molecule has 0 saturated heterocycles. The first kappa shape index (κ1) is 35.5. The second kappa shape index (κ2) is 20.7. The van der Waals surface area contributed by atoms with E-state index in [-0.39, 0.29) is 6.04 Å². The van der Waals surface area contributed by atoms with Crippen molar-refractivity contribution in [1.29, 1.82) is 0 Å². The van der Waals surface area contributed by atoms with E-state index < -0.39 is 0 Å². The van der Waals surface area contributed by atoms with Gasteiger partial charge in [-0.2, -0.15) is 5.10 Å². The van der Waals surface area contributed by atoms with Gasteiger partial charge in [-0.25, -0.2) is 0 Å². The van der Waals surface area contributed by atoms with Crippen molar-refractivity contribution >= 4 is 17.5 Å². The fourth-order valence-electron chi connectivity index (χ4n) is 6.31. The SMILES string of the molecule is CCCCCCCCOc1ccc(N2N=C(C=Cc3ccc(CCCCCC)cc3)CC2c2ccc(CCCCCC)cc2)cc1. The first-order valence-corrected chi connectivity index (χ1v) is 18.7. The number of rotatable bonds is 22. The van der Waals surface area contributed by atoms with Crippen molar-refractivity contribution in [3.63, 3.8) is 0 Å². The van der Waals surface area contributed by atoms with Crippen LogP contribution < -0.4 is 9.75 Å². The van der Waals surface area contributed by atoms with E-state index in [4.69, 9.17) is 9.84 Å². The number of hydrogen-bond acceptors (Lipinski definition) is 3. The Morgan fingerprint density at radius 3 is 1.76 bits per heavy atom. The van der Waals surface area contributed by atoms with E-state index in [0.717, 1.165) is 43.0 Å². The summed E-state index contributed by atoms with van der Waals surface area (Å²) >= 11 is 0.